The van der Waals surface area contributed by atoms with Gasteiger partial charge in [0.25, 0.3) is 0 Å². The quantitative estimate of drug-likeness (QED) is 0.755. The van der Waals surface area contributed by atoms with Gasteiger partial charge in [-0.3, -0.25) is 4.98 Å². The predicted octanol–water partition coefficient (Wildman–Crippen LogP) is 4.78. The maximum atomic E-state index is 6.37. The lowest BCUT2D eigenvalue weighted by atomic mass is 9.97. The minimum atomic E-state index is -0.207. The maximum absolute atomic E-state index is 6.37. The molecule has 0 bridgehead atoms. The number of hydrogen-bond acceptors (Lipinski definition) is 2. The van der Waals surface area contributed by atoms with E-state index in [-0.39, 0.29) is 6.04 Å². The van der Waals surface area contributed by atoms with Crippen molar-refractivity contribution in [3.05, 3.63) is 75.9 Å². The van der Waals surface area contributed by atoms with Crippen molar-refractivity contribution in [2.75, 3.05) is 0 Å². The Morgan fingerprint density at radius 1 is 0.952 bits per heavy atom. The van der Waals surface area contributed by atoms with E-state index in [0.717, 1.165) is 22.0 Å². The van der Waals surface area contributed by atoms with Crippen LogP contribution in [0.25, 0.3) is 10.9 Å². The van der Waals surface area contributed by atoms with Crippen LogP contribution >= 0.6 is 23.2 Å². The third-order valence-corrected chi connectivity index (χ3v) is 4.26. The summed E-state index contributed by atoms with van der Waals surface area (Å²) in [5, 5.41) is 2.37. The SMILES string of the molecule is NC(Cc1c(Cl)cccc1Cl)c1cccc2cccnc12. The van der Waals surface area contributed by atoms with Crippen LogP contribution < -0.4 is 5.73 Å². The van der Waals surface area contributed by atoms with E-state index in [4.69, 9.17) is 28.9 Å². The summed E-state index contributed by atoms with van der Waals surface area (Å²) in [5.41, 5.74) is 9.18. The topological polar surface area (TPSA) is 38.9 Å². The number of aromatic nitrogens is 1. The summed E-state index contributed by atoms with van der Waals surface area (Å²) in [6, 6.07) is 15.3. The standard InChI is InChI=1S/C17H14Cl2N2/c18-14-7-2-8-15(19)13(14)10-16(20)12-6-1-4-11-5-3-9-21-17(11)12/h1-9,16H,10,20H2. The van der Waals surface area contributed by atoms with E-state index in [9.17, 15) is 0 Å². The van der Waals surface area contributed by atoms with Gasteiger partial charge in [0, 0.05) is 27.7 Å². The molecule has 0 aliphatic carbocycles. The van der Waals surface area contributed by atoms with Crippen LogP contribution in [0.15, 0.2) is 54.7 Å². The molecule has 2 N–H and O–H groups in total. The van der Waals surface area contributed by atoms with Gasteiger partial charge in [-0.25, -0.2) is 0 Å². The summed E-state index contributed by atoms with van der Waals surface area (Å²) < 4.78 is 0. The van der Waals surface area contributed by atoms with Crippen LogP contribution in [0.5, 0.6) is 0 Å². The van der Waals surface area contributed by atoms with Gasteiger partial charge in [0.2, 0.25) is 0 Å². The first-order valence-electron chi connectivity index (χ1n) is 6.69. The van der Waals surface area contributed by atoms with Gasteiger partial charge in [0.15, 0.2) is 0 Å². The Kier molecular flexibility index (Phi) is 4.11. The van der Waals surface area contributed by atoms with Crippen LogP contribution in [-0.2, 0) is 6.42 Å². The van der Waals surface area contributed by atoms with E-state index in [1.807, 2.05) is 48.5 Å². The predicted molar refractivity (Wildman–Crippen MR) is 88.8 cm³/mol. The van der Waals surface area contributed by atoms with Crippen molar-refractivity contribution in [3.63, 3.8) is 0 Å². The molecule has 0 saturated carbocycles. The van der Waals surface area contributed by atoms with Crippen LogP contribution in [0.3, 0.4) is 0 Å². The summed E-state index contributed by atoms with van der Waals surface area (Å²) in [7, 11) is 0. The number of rotatable bonds is 3. The lowest BCUT2D eigenvalue weighted by molar-refractivity contribution is 0.726. The fraction of sp³-hybridized carbons (Fsp3) is 0.118. The molecular weight excluding hydrogens is 303 g/mol. The summed E-state index contributed by atoms with van der Waals surface area (Å²) >= 11 is 12.4. The number of nitrogens with two attached hydrogens (primary N) is 1. The zero-order valence-electron chi connectivity index (χ0n) is 11.3. The van der Waals surface area contributed by atoms with Crippen molar-refractivity contribution in [2.45, 2.75) is 12.5 Å². The van der Waals surface area contributed by atoms with Crippen molar-refractivity contribution in [2.24, 2.45) is 5.73 Å². The van der Waals surface area contributed by atoms with E-state index in [1.165, 1.54) is 0 Å². The van der Waals surface area contributed by atoms with Gasteiger partial charge < -0.3 is 5.73 Å². The first-order chi connectivity index (χ1) is 10.2. The zero-order valence-corrected chi connectivity index (χ0v) is 12.8. The molecule has 0 radical (unpaired) electrons. The van der Waals surface area contributed by atoms with Gasteiger partial charge in [0.05, 0.1) is 5.52 Å². The van der Waals surface area contributed by atoms with E-state index < -0.39 is 0 Å². The molecule has 3 rings (SSSR count). The van der Waals surface area contributed by atoms with E-state index >= 15 is 0 Å². The summed E-state index contributed by atoms with van der Waals surface area (Å²) in [5.74, 6) is 0. The lowest BCUT2D eigenvalue weighted by Gasteiger charge is -2.16. The van der Waals surface area contributed by atoms with Gasteiger partial charge >= 0.3 is 0 Å². The van der Waals surface area contributed by atoms with Crippen molar-refractivity contribution in [3.8, 4) is 0 Å². The highest BCUT2D eigenvalue weighted by molar-refractivity contribution is 6.36. The number of para-hydroxylation sites is 1. The van der Waals surface area contributed by atoms with Gasteiger partial charge in [-0.1, -0.05) is 53.5 Å². The Balaban J connectivity index is 2.00. The number of halogens is 2. The van der Waals surface area contributed by atoms with E-state index in [1.54, 1.807) is 6.20 Å². The fourth-order valence-corrected chi connectivity index (χ4v) is 3.04. The van der Waals surface area contributed by atoms with Crippen molar-refractivity contribution < 1.29 is 0 Å². The number of fused-ring (bicyclic) bond motifs is 1. The van der Waals surface area contributed by atoms with Crippen LogP contribution in [-0.4, -0.2) is 4.98 Å². The van der Waals surface area contributed by atoms with E-state index in [0.29, 0.717) is 16.5 Å². The minimum Gasteiger partial charge on any atom is -0.324 e. The highest BCUT2D eigenvalue weighted by Crippen LogP contribution is 2.30. The number of nitrogens with zero attached hydrogens (tertiary/aromatic N) is 1. The third-order valence-electron chi connectivity index (χ3n) is 3.55. The Hall–Kier alpha value is -1.61. The Morgan fingerprint density at radius 2 is 1.62 bits per heavy atom. The van der Waals surface area contributed by atoms with Gasteiger partial charge in [-0.2, -0.15) is 0 Å². The molecule has 21 heavy (non-hydrogen) atoms. The first-order valence-corrected chi connectivity index (χ1v) is 7.44. The minimum absolute atomic E-state index is 0.207. The molecule has 1 atom stereocenters. The third kappa shape index (κ3) is 2.88. The molecule has 0 aliphatic rings. The average Bonchev–Trinajstić information content (AvgIpc) is 2.50. The maximum Gasteiger partial charge on any atom is 0.0749 e. The van der Waals surface area contributed by atoms with Crippen LogP contribution in [0, 0.1) is 0 Å². The number of hydrogen-bond donors (Lipinski definition) is 1. The van der Waals surface area contributed by atoms with Crippen molar-refractivity contribution in [1.82, 2.24) is 4.98 Å². The molecule has 0 spiro atoms. The van der Waals surface area contributed by atoms with Crippen molar-refractivity contribution in [1.29, 1.82) is 0 Å². The molecule has 1 heterocycles. The van der Waals surface area contributed by atoms with Crippen LogP contribution in [0.2, 0.25) is 10.0 Å². The zero-order chi connectivity index (χ0) is 14.8. The molecular formula is C17H14Cl2N2. The van der Waals surface area contributed by atoms with Gasteiger partial charge in [-0.05, 0) is 35.7 Å². The summed E-state index contributed by atoms with van der Waals surface area (Å²) in [6.07, 6.45) is 2.36. The molecule has 2 aromatic carbocycles. The van der Waals surface area contributed by atoms with Gasteiger partial charge in [0.1, 0.15) is 0 Å². The van der Waals surface area contributed by atoms with Gasteiger partial charge in [-0.15, -0.1) is 0 Å². The summed E-state index contributed by atoms with van der Waals surface area (Å²) in [6.45, 7) is 0. The lowest BCUT2D eigenvalue weighted by Crippen LogP contribution is -2.14. The molecule has 4 heteroatoms. The Morgan fingerprint density at radius 3 is 2.38 bits per heavy atom. The summed E-state index contributed by atoms with van der Waals surface area (Å²) in [4.78, 5) is 4.44. The monoisotopic (exact) mass is 316 g/mol. The molecule has 0 aliphatic heterocycles. The second-order valence-corrected chi connectivity index (χ2v) is 5.75. The second kappa shape index (κ2) is 6.02. The highest BCUT2D eigenvalue weighted by atomic mass is 35.5. The second-order valence-electron chi connectivity index (χ2n) is 4.93. The molecule has 0 saturated heterocycles. The van der Waals surface area contributed by atoms with Crippen LogP contribution in [0.1, 0.15) is 17.2 Å². The normalized spacial score (nSPS) is 12.5. The highest BCUT2D eigenvalue weighted by Gasteiger charge is 2.15. The Labute approximate surface area is 133 Å². The Bertz CT molecular complexity index is 761. The molecule has 106 valence electrons. The number of benzene rings is 2. The first kappa shape index (κ1) is 14.3. The number of pyridine rings is 1. The largest absolute Gasteiger partial charge is 0.324 e. The molecule has 2 nitrogen and oxygen atoms in total. The molecule has 0 fully saturated rings. The van der Waals surface area contributed by atoms with Crippen LogP contribution in [0.4, 0.5) is 0 Å². The van der Waals surface area contributed by atoms with Crippen molar-refractivity contribution >= 4 is 34.1 Å². The molecule has 1 unspecified atom stereocenters. The molecule has 3 aromatic rings. The fourth-order valence-electron chi connectivity index (χ4n) is 2.48. The smallest absolute Gasteiger partial charge is 0.0749 e. The van der Waals surface area contributed by atoms with E-state index in [2.05, 4.69) is 4.98 Å². The molecule has 1 aromatic heterocycles. The molecule has 0 amide bonds. The average molecular weight is 317 g/mol.